The van der Waals surface area contributed by atoms with Crippen LogP contribution in [-0.4, -0.2) is 11.3 Å². The molecule has 0 saturated heterocycles. The number of phenols is 1. The fourth-order valence-electron chi connectivity index (χ4n) is 5.68. The molecule has 0 amide bonds. The Hall–Kier alpha value is -2.53. The molecule has 5 heteroatoms. The summed E-state index contributed by atoms with van der Waals surface area (Å²) >= 11 is 0. The van der Waals surface area contributed by atoms with Gasteiger partial charge in [-0.1, -0.05) is 63.1 Å². The summed E-state index contributed by atoms with van der Waals surface area (Å²) in [6, 6.07) is 19.1. The molecule has 4 rings (SSSR count). The van der Waals surface area contributed by atoms with E-state index in [0.717, 1.165) is 47.9 Å². The second-order valence-electron chi connectivity index (χ2n) is 9.00. The average Bonchev–Trinajstić information content (AvgIpc) is 2.82. The molecule has 1 aliphatic rings. The maximum atomic E-state index is 13.9. The molecule has 0 spiro atoms. The van der Waals surface area contributed by atoms with Gasteiger partial charge in [-0.2, -0.15) is 0 Å². The molecule has 0 aliphatic carbocycles. The zero-order chi connectivity index (χ0) is 23.4. The minimum Gasteiger partial charge on any atom is -0.508 e. The summed E-state index contributed by atoms with van der Waals surface area (Å²) in [6.07, 6.45) is 5.55. The molecular formula is C29H32BrF2NO. The van der Waals surface area contributed by atoms with Gasteiger partial charge in [0, 0.05) is 17.2 Å². The van der Waals surface area contributed by atoms with E-state index in [2.05, 4.69) is 13.8 Å². The Labute approximate surface area is 211 Å². The fraction of sp³-hybridized carbons (Fsp3) is 0.345. The largest absolute Gasteiger partial charge is 0.508 e. The van der Waals surface area contributed by atoms with Crippen molar-refractivity contribution in [2.45, 2.75) is 63.3 Å². The van der Waals surface area contributed by atoms with Gasteiger partial charge in [0.2, 0.25) is 0 Å². The van der Waals surface area contributed by atoms with Gasteiger partial charge in [-0.05, 0) is 71.7 Å². The fourth-order valence-corrected chi connectivity index (χ4v) is 5.68. The van der Waals surface area contributed by atoms with Crippen LogP contribution in [0.5, 0.6) is 5.75 Å². The van der Waals surface area contributed by atoms with Gasteiger partial charge < -0.3 is 5.11 Å². The van der Waals surface area contributed by atoms with Gasteiger partial charge in [0.1, 0.15) is 17.4 Å². The maximum Gasteiger partial charge on any atom is 0.123 e. The minimum absolute atomic E-state index is 0. The summed E-state index contributed by atoms with van der Waals surface area (Å²) in [5.41, 5.74) is 3.28. The van der Waals surface area contributed by atoms with Crippen molar-refractivity contribution in [3.8, 4) is 5.75 Å². The van der Waals surface area contributed by atoms with Crippen molar-refractivity contribution < 1.29 is 13.9 Å². The second kappa shape index (κ2) is 11.3. The molecule has 3 aromatic rings. The maximum absolute atomic E-state index is 13.9. The molecule has 0 bridgehead atoms. The molecule has 0 saturated carbocycles. The smallest absolute Gasteiger partial charge is 0.123 e. The standard InChI is InChI=1S/C29H31F2NO.BrH/c1-3-6-25(20-10-14-23(30)15-11-20)29(19-32-18-22-8-5-9-27(33)28(22)29)26(7-4-2)21-12-16-24(31)17-13-21;/h5,8-17,19,25-26,33H,3-4,6-7,18H2,1-2H3;1H. The summed E-state index contributed by atoms with van der Waals surface area (Å²) in [5, 5.41) is 11.2. The van der Waals surface area contributed by atoms with Gasteiger partial charge >= 0.3 is 0 Å². The third-order valence-corrected chi connectivity index (χ3v) is 6.98. The van der Waals surface area contributed by atoms with Crippen molar-refractivity contribution in [3.05, 3.63) is 101 Å². The van der Waals surface area contributed by atoms with Crippen LogP contribution in [0.4, 0.5) is 8.78 Å². The Morgan fingerprint density at radius 3 is 1.79 bits per heavy atom. The average molecular weight is 528 g/mol. The van der Waals surface area contributed by atoms with E-state index in [4.69, 9.17) is 4.99 Å². The lowest BCUT2D eigenvalue weighted by Crippen LogP contribution is -2.44. The Bertz CT molecular complexity index is 1060. The number of aliphatic imine (C=N–C) groups is 1. The van der Waals surface area contributed by atoms with Crippen LogP contribution in [0.2, 0.25) is 0 Å². The molecule has 34 heavy (non-hydrogen) atoms. The summed E-state index contributed by atoms with van der Waals surface area (Å²) in [4.78, 5) is 4.82. The summed E-state index contributed by atoms with van der Waals surface area (Å²) in [6.45, 7) is 4.79. The third-order valence-electron chi connectivity index (χ3n) is 6.98. The van der Waals surface area contributed by atoms with Crippen molar-refractivity contribution in [2.75, 3.05) is 0 Å². The highest BCUT2D eigenvalue weighted by molar-refractivity contribution is 8.93. The van der Waals surface area contributed by atoms with Gasteiger partial charge in [-0.3, -0.25) is 4.99 Å². The van der Waals surface area contributed by atoms with Crippen LogP contribution in [-0.2, 0) is 12.0 Å². The molecule has 2 unspecified atom stereocenters. The third kappa shape index (κ3) is 4.81. The van der Waals surface area contributed by atoms with Gasteiger partial charge in [0.25, 0.3) is 0 Å². The van der Waals surface area contributed by atoms with Crippen molar-refractivity contribution in [2.24, 2.45) is 4.99 Å². The van der Waals surface area contributed by atoms with E-state index in [1.807, 2.05) is 42.6 Å². The van der Waals surface area contributed by atoms with E-state index in [-0.39, 0.29) is 46.2 Å². The van der Waals surface area contributed by atoms with Crippen molar-refractivity contribution in [1.29, 1.82) is 0 Å². The Balaban J connectivity index is 0.00000324. The molecule has 2 nitrogen and oxygen atoms in total. The van der Waals surface area contributed by atoms with Crippen LogP contribution in [0.3, 0.4) is 0 Å². The number of fused-ring (bicyclic) bond motifs is 1. The quantitative estimate of drug-likeness (QED) is 0.314. The van der Waals surface area contributed by atoms with E-state index in [0.29, 0.717) is 6.54 Å². The van der Waals surface area contributed by atoms with Gasteiger partial charge in [0.05, 0.1) is 6.54 Å². The molecule has 1 aliphatic heterocycles. The molecule has 180 valence electrons. The lowest BCUT2D eigenvalue weighted by Gasteiger charge is -2.47. The SMILES string of the molecule is Br.CCCC(c1ccc(F)cc1)C1(C(CCC)c2ccc(F)cc2)C=NCc2cccc(O)c21. The zero-order valence-corrected chi connectivity index (χ0v) is 21.4. The molecule has 3 aromatic carbocycles. The molecule has 0 fully saturated rings. The lowest BCUT2D eigenvalue weighted by atomic mass is 9.56. The Morgan fingerprint density at radius 2 is 1.32 bits per heavy atom. The van der Waals surface area contributed by atoms with Gasteiger partial charge in [0.15, 0.2) is 0 Å². The normalized spacial score (nSPS) is 18.6. The first-order valence-electron chi connectivity index (χ1n) is 11.8. The Kier molecular flexibility index (Phi) is 8.64. The molecule has 0 radical (unpaired) electrons. The van der Waals surface area contributed by atoms with E-state index >= 15 is 0 Å². The number of nitrogens with zero attached hydrogens (tertiary/aromatic N) is 1. The summed E-state index contributed by atoms with van der Waals surface area (Å²) < 4.78 is 27.7. The van der Waals surface area contributed by atoms with Crippen molar-refractivity contribution in [1.82, 2.24) is 0 Å². The number of halogens is 3. The Morgan fingerprint density at radius 1 is 0.824 bits per heavy atom. The summed E-state index contributed by atoms with van der Waals surface area (Å²) in [7, 11) is 0. The van der Waals surface area contributed by atoms with Crippen LogP contribution in [0.15, 0.2) is 71.7 Å². The monoisotopic (exact) mass is 527 g/mol. The van der Waals surface area contributed by atoms with Gasteiger partial charge in [-0.15, -0.1) is 17.0 Å². The van der Waals surface area contributed by atoms with Gasteiger partial charge in [-0.25, -0.2) is 8.78 Å². The highest BCUT2D eigenvalue weighted by Gasteiger charge is 2.49. The van der Waals surface area contributed by atoms with Crippen LogP contribution in [0.25, 0.3) is 0 Å². The van der Waals surface area contributed by atoms with Crippen LogP contribution < -0.4 is 0 Å². The molecular weight excluding hydrogens is 496 g/mol. The first-order chi connectivity index (χ1) is 16.0. The number of benzene rings is 3. The first kappa shape index (κ1) is 26.1. The predicted molar refractivity (Wildman–Crippen MR) is 140 cm³/mol. The highest BCUT2D eigenvalue weighted by atomic mass is 79.9. The number of aromatic hydroxyl groups is 1. The number of hydrogen-bond donors (Lipinski definition) is 1. The number of phenolic OH excluding ortho intramolecular Hbond substituents is 1. The van der Waals surface area contributed by atoms with Crippen molar-refractivity contribution in [3.63, 3.8) is 0 Å². The molecule has 1 heterocycles. The first-order valence-corrected chi connectivity index (χ1v) is 11.8. The highest BCUT2D eigenvalue weighted by Crippen LogP contribution is 2.56. The van der Waals surface area contributed by atoms with Crippen LogP contribution >= 0.6 is 17.0 Å². The predicted octanol–water partition coefficient (Wildman–Crippen LogP) is 8.24. The van der Waals surface area contributed by atoms with E-state index in [1.165, 1.54) is 24.3 Å². The number of rotatable bonds is 8. The minimum atomic E-state index is -0.652. The van der Waals surface area contributed by atoms with E-state index in [9.17, 15) is 13.9 Å². The van der Waals surface area contributed by atoms with E-state index < -0.39 is 5.41 Å². The molecule has 1 N–H and O–H groups in total. The second-order valence-corrected chi connectivity index (χ2v) is 9.00. The lowest BCUT2D eigenvalue weighted by molar-refractivity contribution is 0.326. The molecule has 2 atom stereocenters. The molecule has 0 aromatic heterocycles. The number of hydrogen-bond acceptors (Lipinski definition) is 2. The topological polar surface area (TPSA) is 32.6 Å². The van der Waals surface area contributed by atoms with Crippen LogP contribution in [0, 0.1) is 11.6 Å². The zero-order valence-electron chi connectivity index (χ0n) is 19.7. The van der Waals surface area contributed by atoms with E-state index in [1.54, 1.807) is 6.07 Å². The van der Waals surface area contributed by atoms with Crippen molar-refractivity contribution >= 4 is 23.2 Å². The van der Waals surface area contributed by atoms with Crippen LogP contribution in [0.1, 0.15) is 73.6 Å². The summed E-state index contributed by atoms with van der Waals surface area (Å²) in [5.74, 6) is -0.369.